The molecule has 0 spiro atoms. The van der Waals surface area contributed by atoms with Gasteiger partial charge in [-0.05, 0) is 41.8 Å². The van der Waals surface area contributed by atoms with Crippen molar-refractivity contribution < 1.29 is 14.2 Å². The summed E-state index contributed by atoms with van der Waals surface area (Å²) in [5, 5.41) is 6.61. The van der Waals surface area contributed by atoms with E-state index in [1.807, 2.05) is 42.5 Å². The smallest absolute Gasteiger partial charge is 0.191 e. The van der Waals surface area contributed by atoms with E-state index in [1.165, 1.54) is 0 Å². The van der Waals surface area contributed by atoms with E-state index in [9.17, 15) is 0 Å². The number of ether oxygens (including phenoxy) is 3. The largest absolute Gasteiger partial charge is 0.497 e. The zero-order valence-corrected chi connectivity index (χ0v) is 16.5. The predicted molar refractivity (Wildman–Crippen MR) is 109 cm³/mol. The zero-order valence-electron chi connectivity index (χ0n) is 16.5. The third-order valence-electron chi connectivity index (χ3n) is 3.97. The second-order valence-electron chi connectivity index (χ2n) is 5.96. The van der Waals surface area contributed by atoms with E-state index in [-0.39, 0.29) is 0 Å². The lowest BCUT2D eigenvalue weighted by atomic mass is 10.2. The Hall–Kier alpha value is -2.89. The lowest BCUT2D eigenvalue weighted by Crippen LogP contribution is -2.36. The number of benzene rings is 2. The average Bonchev–Trinajstić information content (AvgIpc) is 2.72. The van der Waals surface area contributed by atoms with Gasteiger partial charge < -0.3 is 24.8 Å². The molecule has 146 valence electrons. The Labute approximate surface area is 161 Å². The van der Waals surface area contributed by atoms with Crippen LogP contribution >= 0.6 is 0 Å². The quantitative estimate of drug-likeness (QED) is 0.523. The summed E-state index contributed by atoms with van der Waals surface area (Å²) in [6.45, 7) is 4.04. The fourth-order valence-electron chi connectivity index (χ4n) is 2.53. The van der Waals surface area contributed by atoms with Crippen molar-refractivity contribution in [3.05, 3.63) is 53.6 Å². The number of nitrogens with zero attached hydrogens (tertiary/aromatic N) is 1. The molecule has 2 aromatic carbocycles. The van der Waals surface area contributed by atoms with Crippen molar-refractivity contribution in [1.82, 2.24) is 10.6 Å². The van der Waals surface area contributed by atoms with Crippen LogP contribution in [0.2, 0.25) is 0 Å². The van der Waals surface area contributed by atoms with Crippen LogP contribution < -0.4 is 24.8 Å². The molecule has 0 aliphatic rings. The molecule has 0 saturated carbocycles. The summed E-state index contributed by atoms with van der Waals surface area (Å²) >= 11 is 0. The van der Waals surface area contributed by atoms with Crippen LogP contribution in [-0.2, 0) is 13.1 Å². The first-order chi connectivity index (χ1) is 13.2. The SMILES string of the molecule is CCCOc1ccc(CNC(=NC)NCc2cccc(OC)c2)cc1OC. The molecule has 2 rings (SSSR count). The predicted octanol–water partition coefficient (Wildman–Crippen LogP) is 3.36. The molecule has 27 heavy (non-hydrogen) atoms. The van der Waals surface area contributed by atoms with Crippen molar-refractivity contribution in [2.24, 2.45) is 4.99 Å². The van der Waals surface area contributed by atoms with Gasteiger partial charge in [-0.15, -0.1) is 0 Å². The number of hydrogen-bond acceptors (Lipinski definition) is 4. The van der Waals surface area contributed by atoms with Gasteiger partial charge in [0.25, 0.3) is 0 Å². The van der Waals surface area contributed by atoms with Crippen molar-refractivity contribution in [2.75, 3.05) is 27.9 Å². The molecule has 2 N–H and O–H groups in total. The van der Waals surface area contributed by atoms with Gasteiger partial charge in [-0.3, -0.25) is 4.99 Å². The third kappa shape index (κ3) is 6.40. The van der Waals surface area contributed by atoms with Gasteiger partial charge in [0, 0.05) is 20.1 Å². The Balaban J connectivity index is 1.91. The monoisotopic (exact) mass is 371 g/mol. The van der Waals surface area contributed by atoms with Crippen molar-refractivity contribution >= 4 is 5.96 Å². The molecular formula is C21H29N3O3. The molecule has 0 heterocycles. The van der Waals surface area contributed by atoms with E-state index in [1.54, 1.807) is 21.3 Å². The van der Waals surface area contributed by atoms with E-state index in [0.717, 1.165) is 40.8 Å². The van der Waals surface area contributed by atoms with E-state index in [4.69, 9.17) is 14.2 Å². The van der Waals surface area contributed by atoms with Crippen molar-refractivity contribution in [3.8, 4) is 17.2 Å². The normalized spacial score (nSPS) is 11.0. The minimum atomic E-state index is 0.627. The van der Waals surface area contributed by atoms with Gasteiger partial charge in [-0.2, -0.15) is 0 Å². The number of methoxy groups -OCH3 is 2. The molecule has 0 fully saturated rings. The van der Waals surface area contributed by atoms with Crippen LogP contribution in [0.3, 0.4) is 0 Å². The highest BCUT2D eigenvalue weighted by molar-refractivity contribution is 5.79. The minimum Gasteiger partial charge on any atom is -0.497 e. The molecule has 0 saturated heterocycles. The van der Waals surface area contributed by atoms with Crippen LogP contribution in [0.4, 0.5) is 0 Å². The van der Waals surface area contributed by atoms with Crippen molar-refractivity contribution in [2.45, 2.75) is 26.4 Å². The van der Waals surface area contributed by atoms with Gasteiger partial charge in [0.15, 0.2) is 17.5 Å². The molecule has 0 atom stereocenters. The number of rotatable bonds is 9. The van der Waals surface area contributed by atoms with Crippen LogP contribution in [0.15, 0.2) is 47.5 Å². The summed E-state index contributed by atoms with van der Waals surface area (Å²) in [6, 6.07) is 13.9. The third-order valence-corrected chi connectivity index (χ3v) is 3.97. The first kappa shape index (κ1) is 20.4. The van der Waals surface area contributed by atoms with Gasteiger partial charge >= 0.3 is 0 Å². The Morgan fingerprint density at radius 2 is 1.67 bits per heavy atom. The Morgan fingerprint density at radius 3 is 2.30 bits per heavy atom. The van der Waals surface area contributed by atoms with E-state index in [2.05, 4.69) is 22.5 Å². The maximum atomic E-state index is 5.69. The zero-order chi connectivity index (χ0) is 19.5. The molecule has 0 radical (unpaired) electrons. The molecular weight excluding hydrogens is 342 g/mol. The maximum Gasteiger partial charge on any atom is 0.191 e. The number of aliphatic imine (C=N–C) groups is 1. The first-order valence-electron chi connectivity index (χ1n) is 9.07. The molecule has 0 aromatic heterocycles. The molecule has 0 aliphatic carbocycles. The maximum absolute atomic E-state index is 5.69. The van der Waals surface area contributed by atoms with Crippen molar-refractivity contribution in [1.29, 1.82) is 0 Å². The molecule has 6 heteroatoms. The summed E-state index contributed by atoms with van der Waals surface area (Å²) in [6.07, 6.45) is 0.960. The van der Waals surface area contributed by atoms with Gasteiger partial charge in [0.05, 0.1) is 20.8 Å². The second-order valence-corrected chi connectivity index (χ2v) is 5.96. The second kappa shape index (κ2) is 11.0. The van der Waals surface area contributed by atoms with Gasteiger partial charge in [-0.25, -0.2) is 0 Å². The summed E-state index contributed by atoms with van der Waals surface area (Å²) in [5.41, 5.74) is 2.21. The lowest BCUT2D eigenvalue weighted by molar-refractivity contribution is 0.294. The average molecular weight is 371 g/mol. The van der Waals surface area contributed by atoms with Crippen LogP contribution in [0.25, 0.3) is 0 Å². The summed E-state index contributed by atoms with van der Waals surface area (Å²) in [5.74, 6) is 3.07. The number of guanidine groups is 1. The molecule has 0 bridgehead atoms. The van der Waals surface area contributed by atoms with Gasteiger partial charge in [0.1, 0.15) is 5.75 Å². The minimum absolute atomic E-state index is 0.627. The Morgan fingerprint density at radius 1 is 0.926 bits per heavy atom. The number of nitrogens with one attached hydrogen (secondary N) is 2. The van der Waals surface area contributed by atoms with E-state index in [0.29, 0.717) is 19.7 Å². The highest BCUT2D eigenvalue weighted by atomic mass is 16.5. The molecule has 0 amide bonds. The topological polar surface area (TPSA) is 64.1 Å². The summed E-state index contributed by atoms with van der Waals surface area (Å²) in [4.78, 5) is 4.27. The fourth-order valence-corrected chi connectivity index (χ4v) is 2.53. The van der Waals surface area contributed by atoms with E-state index >= 15 is 0 Å². The van der Waals surface area contributed by atoms with Crippen molar-refractivity contribution in [3.63, 3.8) is 0 Å². The van der Waals surface area contributed by atoms with Gasteiger partial charge in [0.2, 0.25) is 0 Å². The molecule has 2 aromatic rings. The molecule has 0 unspecified atom stereocenters. The summed E-state index contributed by atoms with van der Waals surface area (Å²) in [7, 11) is 5.07. The van der Waals surface area contributed by atoms with Gasteiger partial charge in [-0.1, -0.05) is 25.1 Å². The van der Waals surface area contributed by atoms with Crippen LogP contribution in [0.1, 0.15) is 24.5 Å². The number of hydrogen-bond donors (Lipinski definition) is 2. The van der Waals surface area contributed by atoms with Crippen LogP contribution in [0, 0.1) is 0 Å². The highest BCUT2D eigenvalue weighted by Gasteiger charge is 2.06. The fraction of sp³-hybridized carbons (Fsp3) is 0.381. The Bertz CT molecular complexity index is 747. The standard InChI is InChI=1S/C21H29N3O3/c1-5-11-27-19-10-9-17(13-20(19)26-4)15-24-21(22-2)23-14-16-7-6-8-18(12-16)25-3/h6-10,12-13H,5,11,14-15H2,1-4H3,(H2,22,23,24). The van der Waals surface area contributed by atoms with Crippen LogP contribution in [-0.4, -0.2) is 33.8 Å². The molecule has 6 nitrogen and oxygen atoms in total. The van der Waals surface area contributed by atoms with E-state index < -0.39 is 0 Å². The lowest BCUT2D eigenvalue weighted by Gasteiger charge is -2.14. The van der Waals surface area contributed by atoms with Crippen LogP contribution in [0.5, 0.6) is 17.2 Å². The summed E-state index contributed by atoms with van der Waals surface area (Å²) < 4.78 is 16.4. The highest BCUT2D eigenvalue weighted by Crippen LogP contribution is 2.28. The first-order valence-corrected chi connectivity index (χ1v) is 9.07. The Kier molecular flexibility index (Phi) is 8.29. The molecule has 0 aliphatic heterocycles.